The molecule has 0 radical (unpaired) electrons. The summed E-state index contributed by atoms with van der Waals surface area (Å²) in [6, 6.07) is 2.12. The van der Waals surface area contributed by atoms with Crippen molar-refractivity contribution in [3.8, 4) is 5.75 Å². The van der Waals surface area contributed by atoms with E-state index in [1.165, 1.54) is 5.56 Å². The van der Waals surface area contributed by atoms with Crippen LogP contribution in [0.25, 0.3) is 0 Å². The lowest BCUT2D eigenvalue weighted by molar-refractivity contribution is 0.337. The first-order valence-electron chi connectivity index (χ1n) is 6.90. The van der Waals surface area contributed by atoms with Crippen LogP contribution in [0.4, 0.5) is 0 Å². The molecule has 2 heterocycles. The Labute approximate surface area is 132 Å². The van der Waals surface area contributed by atoms with Gasteiger partial charge < -0.3 is 15.4 Å². The molecule has 0 aromatic heterocycles. The lowest BCUT2D eigenvalue weighted by atomic mass is 9.96. The van der Waals surface area contributed by atoms with Gasteiger partial charge in [0.15, 0.2) is 5.79 Å². The predicted octanol–water partition coefficient (Wildman–Crippen LogP) is 1.89. The van der Waals surface area contributed by atoms with Crippen molar-refractivity contribution in [1.82, 2.24) is 10.6 Å². The summed E-state index contributed by atoms with van der Waals surface area (Å²) >= 11 is 3.64. The van der Waals surface area contributed by atoms with E-state index in [2.05, 4.69) is 37.6 Å². The van der Waals surface area contributed by atoms with Crippen LogP contribution in [0, 0.1) is 6.92 Å². The van der Waals surface area contributed by atoms with Crippen molar-refractivity contribution >= 4 is 21.8 Å². The number of aliphatic imine (C=N–C) groups is 1. The Morgan fingerprint density at radius 2 is 2.14 bits per heavy atom. The highest BCUT2D eigenvalue weighted by atomic mass is 79.9. The van der Waals surface area contributed by atoms with Crippen molar-refractivity contribution in [1.29, 1.82) is 0 Å². The summed E-state index contributed by atoms with van der Waals surface area (Å²) in [5.74, 6) is 0.825. The largest absolute Gasteiger partial charge is 0.492 e. The van der Waals surface area contributed by atoms with E-state index in [0.717, 1.165) is 45.9 Å². The molecular formula is C15H19BrN4O. The lowest BCUT2D eigenvalue weighted by Gasteiger charge is -2.38. The molecule has 3 rings (SSSR count). The third-order valence-electron chi connectivity index (χ3n) is 3.90. The molecule has 0 aliphatic carbocycles. The minimum absolute atomic E-state index is 0.718. The molecule has 2 aliphatic heterocycles. The maximum Gasteiger partial charge on any atom is 0.190 e. The number of rotatable bonds is 1. The molecule has 0 spiro atoms. The molecule has 0 amide bonds. The van der Waals surface area contributed by atoms with Crippen LogP contribution in [0.5, 0.6) is 5.75 Å². The summed E-state index contributed by atoms with van der Waals surface area (Å²) in [4.78, 5) is 4.22. The first-order chi connectivity index (χ1) is 9.94. The minimum Gasteiger partial charge on any atom is -0.492 e. The number of nitrogens with one attached hydrogen (secondary N) is 2. The Morgan fingerprint density at radius 3 is 2.86 bits per heavy atom. The second kappa shape index (κ2) is 5.03. The van der Waals surface area contributed by atoms with Gasteiger partial charge in [-0.1, -0.05) is 0 Å². The van der Waals surface area contributed by atoms with Gasteiger partial charge in [-0.05, 0) is 53.0 Å². The van der Waals surface area contributed by atoms with Crippen LogP contribution in [-0.2, 0) is 12.2 Å². The third-order valence-corrected chi connectivity index (χ3v) is 4.85. The van der Waals surface area contributed by atoms with Gasteiger partial charge in [0.05, 0.1) is 11.1 Å². The van der Waals surface area contributed by atoms with Crippen LogP contribution in [-0.4, -0.2) is 19.5 Å². The normalized spacial score (nSPS) is 25.8. The summed E-state index contributed by atoms with van der Waals surface area (Å²) in [6.45, 7) is 4.74. The number of nitrogens with zero attached hydrogens (tertiary/aromatic N) is 1. The molecule has 1 unspecified atom stereocenters. The number of hydrogen-bond donors (Lipinski definition) is 3. The Kier molecular flexibility index (Phi) is 3.45. The smallest absolute Gasteiger partial charge is 0.190 e. The van der Waals surface area contributed by atoms with Crippen molar-refractivity contribution in [2.75, 3.05) is 13.7 Å². The Hall–Kier alpha value is -1.53. The molecule has 6 heteroatoms. The van der Waals surface area contributed by atoms with Gasteiger partial charge in [0.2, 0.25) is 0 Å². The van der Waals surface area contributed by atoms with E-state index in [1.54, 1.807) is 7.05 Å². The van der Waals surface area contributed by atoms with Gasteiger partial charge in [0.25, 0.3) is 0 Å². The first-order valence-corrected chi connectivity index (χ1v) is 7.69. The van der Waals surface area contributed by atoms with Gasteiger partial charge in [-0.2, -0.15) is 0 Å². The van der Waals surface area contributed by atoms with E-state index in [1.807, 2.05) is 19.9 Å². The van der Waals surface area contributed by atoms with E-state index in [9.17, 15) is 0 Å². The van der Waals surface area contributed by atoms with Gasteiger partial charge in [0.1, 0.15) is 11.6 Å². The summed E-state index contributed by atoms with van der Waals surface area (Å²) in [7, 11) is 1.75. The monoisotopic (exact) mass is 350 g/mol. The maximum absolute atomic E-state index is 6.60. The average Bonchev–Trinajstić information content (AvgIpc) is 2.90. The van der Waals surface area contributed by atoms with Gasteiger partial charge in [-0.15, -0.1) is 0 Å². The third kappa shape index (κ3) is 2.32. The summed E-state index contributed by atoms with van der Waals surface area (Å²) in [5, 5.41) is 6.58. The Bertz CT molecular complexity index is 668. The van der Waals surface area contributed by atoms with Crippen molar-refractivity contribution < 1.29 is 4.74 Å². The summed E-state index contributed by atoms with van der Waals surface area (Å²) in [5.41, 5.74) is 10.8. The SMILES string of the molecule is CN=C1C=C(C)NC(N)(c2cc3c(c(Br)c2C)OCC3)N1. The van der Waals surface area contributed by atoms with Crippen LogP contribution in [0.2, 0.25) is 0 Å². The van der Waals surface area contributed by atoms with Gasteiger partial charge >= 0.3 is 0 Å². The number of nitrogens with two attached hydrogens (primary N) is 1. The standard InChI is InChI=1S/C15H19BrN4O/c1-8-6-12(18-3)20-15(17,19-8)11-7-10-4-5-21-14(10)13(16)9(11)2/h6-7,19H,4-5,17H2,1-3H3,(H,18,20). The summed E-state index contributed by atoms with van der Waals surface area (Å²) < 4.78 is 6.66. The molecule has 2 aliphatic rings. The van der Waals surface area contributed by atoms with Gasteiger partial charge in [-0.3, -0.25) is 10.7 Å². The number of allylic oxidation sites excluding steroid dienone is 1. The molecule has 1 aromatic carbocycles. The average molecular weight is 351 g/mol. The Balaban J connectivity index is 2.12. The van der Waals surface area contributed by atoms with Crippen LogP contribution in [0.15, 0.2) is 27.3 Å². The number of fused-ring (bicyclic) bond motifs is 1. The molecule has 4 N–H and O–H groups in total. The molecule has 0 fully saturated rings. The highest BCUT2D eigenvalue weighted by molar-refractivity contribution is 9.10. The van der Waals surface area contributed by atoms with Crippen LogP contribution >= 0.6 is 15.9 Å². The van der Waals surface area contributed by atoms with E-state index >= 15 is 0 Å². The number of amidine groups is 1. The number of benzene rings is 1. The quantitative estimate of drug-likeness (QED) is 0.723. The summed E-state index contributed by atoms with van der Waals surface area (Å²) in [6.07, 6.45) is 2.84. The minimum atomic E-state index is -0.877. The zero-order valence-corrected chi connectivity index (χ0v) is 14.0. The topological polar surface area (TPSA) is 71.7 Å². The van der Waals surface area contributed by atoms with Crippen molar-refractivity contribution in [2.24, 2.45) is 10.7 Å². The van der Waals surface area contributed by atoms with Crippen LogP contribution in [0.1, 0.15) is 23.6 Å². The van der Waals surface area contributed by atoms with Crippen molar-refractivity contribution in [2.45, 2.75) is 26.1 Å². The molecule has 0 bridgehead atoms. The zero-order valence-electron chi connectivity index (χ0n) is 12.4. The zero-order chi connectivity index (χ0) is 15.2. The highest BCUT2D eigenvalue weighted by Crippen LogP contribution is 2.40. The second-order valence-electron chi connectivity index (χ2n) is 5.44. The van der Waals surface area contributed by atoms with E-state index in [-0.39, 0.29) is 0 Å². The van der Waals surface area contributed by atoms with Crippen molar-refractivity contribution in [3.63, 3.8) is 0 Å². The fourth-order valence-electron chi connectivity index (χ4n) is 2.87. The van der Waals surface area contributed by atoms with Crippen LogP contribution in [0.3, 0.4) is 0 Å². The fourth-order valence-corrected chi connectivity index (χ4v) is 3.45. The molecule has 0 saturated carbocycles. The molecule has 1 atom stereocenters. The second-order valence-corrected chi connectivity index (χ2v) is 6.24. The molecule has 1 aromatic rings. The maximum atomic E-state index is 6.60. The van der Waals surface area contributed by atoms with Crippen LogP contribution < -0.4 is 21.1 Å². The first kappa shape index (κ1) is 14.4. The highest BCUT2D eigenvalue weighted by Gasteiger charge is 2.35. The van der Waals surface area contributed by atoms with Gasteiger partial charge in [-0.25, -0.2) is 0 Å². The van der Waals surface area contributed by atoms with E-state index < -0.39 is 5.79 Å². The fraction of sp³-hybridized carbons (Fsp3) is 0.400. The van der Waals surface area contributed by atoms with Crippen molar-refractivity contribution in [3.05, 3.63) is 39.0 Å². The number of hydrogen-bond acceptors (Lipinski definition) is 4. The number of ether oxygens (including phenoxy) is 1. The lowest BCUT2D eigenvalue weighted by Crippen LogP contribution is -2.64. The molecule has 21 heavy (non-hydrogen) atoms. The molecule has 0 saturated heterocycles. The molecule has 112 valence electrons. The molecular weight excluding hydrogens is 332 g/mol. The number of halogens is 1. The Morgan fingerprint density at radius 1 is 1.38 bits per heavy atom. The van der Waals surface area contributed by atoms with E-state index in [4.69, 9.17) is 10.5 Å². The molecule has 5 nitrogen and oxygen atoms in total. The van der Waals surface area contributed by atoms with E-state index in [0.29, 0.717) is 0 Å². The predicted molar refractivity (Wildman–Crippen MR) is 87.3 cm³/mol. The van der Waals surface area contributed by atoms with Gasteiger partial charge in [0, 0.05) is 24.7 Å².